The summed E-state index contributed by atoms with van der Waals surface area (Å²) in [6, 6.07) is 5.46. The third-order valence-electron chi connectivity index (χ3n) is 4.17. The van der Waals surface area contributed by atoms with Crippen molar-refractivity contribution in [1.29, 1.82) is 0 Å². The van der Waals surface area contributed by atoms with E-state index in [0.29, 0.717) is 23.8 Å². The Kier molecular flexibility index (Phi) is 7.89. The number of ether oxygens (including phenoxy) is 3. The third kappa shape index (κ3) is 6.04. The van der Waals surface area contributed by atoms with Gasteiger partial charge in [0.15, 0.2) is 11.5 Å². The molecule has 1 aliphatic carbocycles. The van der Waals surface area contributed by atoms with E-state index < -0.39 is 0 Å². The molecular formula is C19H29NO4. The first-order chi connectivity index (χ1) is 11.7. The van der Waals surface area contributed by atoms with Gasteiger partial charge in [-0.3, -0.25) is 4.79 Å². The van der Waals surface area contributed by atoms with Crippen molar-refractivity contribution in [2.75, 3.05) is 25.6 Å². The zero-order chi connectivity index (χ0) is 17.2. The topological polar surface area (TPSA) is 56.8 Å². The predicted molar refractivity (Wildman–Crippen MR) is 94.9 cm³/mol. The Hall–Kier alpha value is -1.75. The second-order valence-electron chi connectivity index (χ2n) is 6.20. The van der Waals surface area contributed by atoms with Gasteiger partial charge in [-0.1, -0.05) is 19.8 Å². The zero-order valence-electron chi connectivity index (χ0n) is 14.8. The number of rotatable bonds is 10. The fourth-order valence-corrected chi connectivity index (χ4v) is 2.85. The van der Waals surface area contributed by atoms with Gasteiger partial charge in [0, 0.05) is 18.4 Å². The molecule has 0 atom stereocenters. The van der Waals surface area contributed by atoms with Crippen molar-refractivity contribution in [2.24, 2.45) is 0 Å². The van der Waals surface area contributed by atoms with Gasteiger partial charge >= 0.3 is 0 Å². The zero-order valence-corrected chi connectivity index (χ0v) is 14.8. The van der Waals surface area contributed by atoms with Crippen molar-refractivity contribution < 1.29 is 19.0 Å². The average molecular weight is 335 g/mol. The van der Waals surface area contributed by atoms with Crippen LogP contribution in [0.5, 0.6) is 11.5 Å². The number of methoxy groups -OCH3 is 1. The highest BCUT2D eigenvalue weighted by atomic mass is 16.5. The van der Waals surface area contributed by atoms with E-state index in [0.717, 1.165) is 32.1 Å². The normalized spacial score (nSPS) is 14.6. The van der Waals surface area contributed by atoms with Crippen molar-refractivity contribution in [3.05, 3.63) is 18.2 Å². The summed E-state index contributed by atoms with van der Waals surface area (Å²) in [6.45, 7) is 2.84. The van der Waals surface area contributed by atoms with E-state index in [1.807, 2.05) is 18.2 Å². The fourth-order valence-electron chi connectivity index (χ4n) is 2.85. The summed E-state index contributed by atoms with van der Waals surface area (Å²) in [4.78, 5) is 11.9. The molecule has 5 heteroatoms. The molecule has 0 bridgehead atoms. The van der Waals surface area contributed by atoms with Crippen LogP contribution >= 0.6 is 0 Å². The van der Waals surface area contributed by atoms with Crippen molar-refractivity contribution >= 4 is 11.6 Å². The molecule has 134 valence electrons. The lowest BCUT2D eigenvalue weighted by molar-refractivity contribution is -0.120. The second kappa shape index (κ2) is 10.2. The Morgan fingerprint density at radius 2 is 2.00 bits per heavy atom. The number of carbonyl (C=O) groups excluding carboxylic acids is 1. The molecule has 1 fully saturated rings. The van der Waals surface area contributed by atoms with Crippen LogP contribution in [-0.4, -0.2) is 32.3 Å². The Morgan fingerprint density at radius 3 is 2.71 bits per heavy atom. The van der Waals surface area contributed by atoms with Gasteiger partial charge in [-0.2, -0.15) is 0 Å². The number of anilines is 1. The monoisotopic (exact) mass is 335 g/mol. The molecule has 0 heterocycles. The summed E-state index contributed by atoms with van der Waals surface area (Å²) in [5, 5.41) is 2.85. The van der Waals surface area contributed by atoms with Crippen LogP contribution in [0.1, 0.15) is 51.9 Å². The summed E-state index contributed by atoms with van der Waals surface area (Å²) in [6.07, 6.45) is 8.07. The van der Waals surface area contributed by atoms with Gasteiger partial charge in [-0.05, 0) is 44.2 Å². The Labute approximate surface area is 144 Å². The highest BCUT2D eigenvalue weighted by Gasteiger charge is 2.19. The average Bonchev–Trinajstić information content (AvgIpc) is 3.08. The van der Waals surface area contributed by atoms with Gasteiger partial charge in [0.1, 0.15) is 6.61 Å². The molecule has 1 amide bonds. The summed E-state index contributed by atoms with van der Waals surface area (Å²) >= 11 is 0. The largest absolute Gasteiger partial charge is 0.493 e. The minimum Gasteiger partial charge on any atom is -0.493 e. The number of hydrogen-bond acceptors (Lipinski definition) is 4. The number of unbranched alkanes of at least 4 members (excludes halogenated alkanes) is 2. The lowest BCUT2D eigenvalue weighted by Crippen LogP contribution is -2.19. The van der Waals surface area contributed by atoms with Crippen LogP contribution < -0.4 is 14.8 Å². The number of hydrogen-bond donors (Lipinski definition) is 1. The molecule has 0 aromatic heterocycles. The maximum Gasteiger partial charge on any atom is 0.250 e. The molecule has 1 aromatic rings. The van der Waals surface area contributed by atoms with Gasteiger partial charge < -0.3 is 19.5 Å². The second-order valence-corrected chi connectivity index (χ2v) is 6.20. The third-order valence-corrected chi connectivity index (χ3v) is 4.17. The van der Waals surface area contributed by atoms with Crippen molar-refractivity contribution in [2.45, 2.75) is 58.0 Å². The lowest BCUT2D eigenvalue weighted by atomic mass is 10.2. The van der Waals surface area contributed by atoms with Crippen molar-refractivity contribution in [1.82, 2.24) is 0 Å². The summed E-state index contributed by atoms with van der Waals surface area (Å²) in [7, 11) is 1.62. The van der Waals surface area contributed by atoms with E-state index in [9.17, 15) is 4.79 Å². The summed E-state index contributed by atoms with van der Waals surface area (Å²) in [5.41, 5.74) is 0.700. The first-order valence-electron chi connectivity index (χ1n) is 8.95. The predicted octanol–water partition coefficient (Wildman–Crippen LogP) is 4.16. The molecule has 1 aromatic carbocycles. The quantitative estimate of drug-likeness (QED) is 0.652. The SMILES string of the molecule is CCCCCOCC(=O)Nc1ccc(OC)c(OC2CCCC2)c1. The number of nitrogens with one attached hydrogen (secondary N) is 1. The van der Waals surface area contributed by atoms with Crippen LogP contribution in [0.2, 0.25) is 0 Å². The number of carbonyl (C=O) groups is 1. The summed E-state index contributed by atoms with van der Waals surface area (Å²) in [5.74, 6) is 1.23. The van der Waals surface area contributed by atoms with Gasteiger partial charge in [-0.15, -0.1) is 0 Å². The standard InChI is InChI=1S/C19H29NO4/c1-3-4-7-12-23-14-19(21)20-15-10-11-17(22-2)18(13-15)24-16-8-5-6-9-16/h10-11,13,16H,3-9,12,14H2,1-2H3,(H,20,21). The molecule has 0 spiro atoms. The lowest BCUT2D eigenvalue weighted by Gasteiger charge is -2.17. The molecule has 1 N–H and O–H groups in total. The molecule has 1 saturated carbocycles. The number of amides is 1. The fraction of sp³-hybridized carbons (Fsp3) is 0.632. The van der Waals surface area contributed by atoms with E-state index in [-0.39, 0.29) is 18.6 Å². The molecule has 24 heavy (non-hydrogen) atoms. The van der Waals surface area contributed by atoms with Crippen molar-refractivity contribution in [3.8, 4) is 11.5 Å². The number of benzene rings is 1. The molecule has 2 rings (SSSR count). The first-order valence-corrected chi connectivity index (χ1v) is 8.95. The highest BCUT2D eigenvalue weighted by Crippen LogP contribution is 2.33. The molecule has 0 aliphatic heterocycles. The van der Waals surface area contributed by atoms with Gasteiger partial charge in [0.05, 0.1) is 13.2 Å². The van der Waals surface area contributed by atoms with Gasteiger partial charge in [-0.25, -0.2) is 0 Å². The van der Waals surface area contributed by atoms with E-state index in [1.165, 1.54) is 12.8 Å². The van der Waals surface area contributed by atoms with Crippen LogP contribution in [-0.2, 0) is 9.53 Å². The maximum atomic E-state index is 11.9. The maximum absolute atomic E-state index is 11.9. The highest BCUT2D eigenvalue weighted by molar-refractivity contribution is 5.92. The summed E-state index contributed by atoms with van der Waals surface area (Å²) < 4.78 is 16.8. The molecular weight excluding hydrogens is 306 g/mol. The molecule has 0 radical (unpaired) electrons. The molecule has 0 saturated heterocycles. The molecule has 1 aliphatic rings. The van der Waals surface area contributed by atoms with Crippen LogP contribution in [0, 0.1) is 0 Å². The van der Waals surface area contributed by atoms with Crippen molar-refractivity contribution in [3.63, 3.8) is 0 Å². The van der Waals surface area contributed by atoms with Crippen LogP contribution in [0.4, 0.5) is 5.69 Å². The van der Waals surface area contributed by atoms with Crippen LogP contribution in [0.25, 0.3) is 0 Å². The first kappa shape index (κ1) is 18.6. The Morgan fingerprint density at radius 1 is 1.21 bits per heavy atom. The minimum atomic E-state index is -0.150. The minimum absolute atomic E-state index is 0.0779. The van der Waals surface area contributed by atoms with E-state index >= 15 is 0 Å². The molecule has 5 nitrogen and oxygen atoms in total. The smallest absolute Gasteiger partial charge is 0.250 e. The van der Waals surface area contributed by atoms with Gasteiger partial charge in [0.25, 0.3) is 0 Å². The van der Waals surface area contributed by atoms with E-state index in [1.54, 1.807) is 7.11 Å². The Balaban J connectivity index is 1.86. The van der Waals surface area contributed by atoms with Crippen LogP contribution in [0.15, 0.2) is 18.2 Å². The van der Waals surface area contributed by atoms with Crippen LogP contribution in [0.3, 0.4) is 0 Å². The van der Waals surface area contributed by atoms with E-state index in [4.69, 9.17) is 14.2 Å². The Bertz CT molecular complexity index is 512. The van der Waals surface area contributed by atoms with E-state index in [2.05, 4.69) is 12.2 Å². The van der Waals surface area contributed by atoms with Gasteiger partial charge in [0.2, 0.25) is 5.91 Å². The molecule has 0 unspecified atom stereocenters.